The van der Waals surface area contributed by atoms with Crippen molar-refractivity contribution in [1.29, 1.82) is 0 Å². The number of nitrogens with zero attached hydrogens (tertiary/aromatic N) is 2. The Hall–Kier alpha value is -1.28. The number of thiophene rings is 1. The van der Waals surface area contributed by atoms with Crippen LogP contribution in [0.4, 0.5) is 0 Å². The van der Waals surface area contributed by atoms with Gasteiger partial charge in [-0.25, -0.2) is 4.79 Å². The SMILES string of the molecule is CCCCCCCCCCCCc1cc2cn([C@H]3C[C@H](O)[C@@H](CO)O3)c(=O)nc2s1. The maximum Gasteiger partial charge on any atom is 0.351 e. The first kappa shape index (κ1) is 23.4. The lowest BCUT2D eigenvalue weighted by Gasteiger charge is -2.14. The Morgan fingerprint density at radius 2 is 1.80 bits per heavy atom. The van der Waals surface area contributed by atoms with E-state index in [1.54, 1.807) is 17.5 Å². The molecule has 30 heavy (non-hydrogen) atoms. The first-order valence-electron chi connectivity index (χ1n) is 11.6. The predicted molar refractivity (Wildman–Crippen MR) is 121 cm³/mol. The molecule has 168 valence electrons. The first-order valence-corrected chi connectivity index (χ1v) is 12.4. The van der Waals surface area contributed by atoms with Crippen LogP contribution in [0.1, 0.15) is 88.7 Å². The molecule has 3 atom stereocenters. The fourth-order valence-electron chi connectivity index (χ4n) is 4.14. The number of aryl methyl sites for hydroxylation is 1. The van der Waals surface area contributed by atoms with E-state index in [4.69, 9.17) is 4.74 Å². The van der Waals surface area contributed by atoms with Gasteiger partial charge in [-0.3, -0.25) is 4.57 Å². The van der Waals surface area contributed by atoms with Crippen molar-refractivity contribution in [3.63, 3.8) is 0 Å². The van der Waals surface area contributed by atoms with Gasteiger partial charge in [-0.15, -0.1) is 11.3 Å². The monoisotopic (exact) mass is 436 g/mol. The quantitative estimate of drug-likeness (QED) is 0.450. The second-order valence-corrected chi connectivity index (χ2v) is 9.57. The van der Waals surface area contributed by atoms with E-state index in [0.29, 0.717) is 0 Å². The second kappa shape index (κ2) is 11.9. The van der Waals surface area contributed by atoms with Crippen molar-refractivity contribution in [3.05, 3.63) is 27.6 Å². The zero-order chi connectivity index (χ0) is 21.3. The first-order chi connectivity index (χ1) is 14.6. The molecule has 0 bridgehead atoms. The summed E-state index contributed by atoms with van der Waals surface area (Å²) in [5.41, 5.74) is -0.370. The normalized spacial score (nSPS) is 21.6. The molecule has 3 heterocycles. The van der Waals surface area contributed by atoms with Crippen LogP contribution in [0.15, 0.2) is 17.1 Å². The molecule has 1 saturated heterocycles. The lowest BCUT2D eigenvalue weighted by molar-refractivity contribution is -0.0457. The van der Waals surface area contributed by atoms with Gasteiger partial charge in [0.25, 0.3) is 0 Å². The Morgan fingerprint density at radius 1 is 1.13 bits per heavy atom. The van der Waals surface area contributed by atoms with Crippen LogP contribution in [0.3, 0.4) is 0 Å². The zero-order valence-electron chi connectivity index (χ0n) is 18.1. The molecule has 3 rings (SSSR count). The molecular weight excluding hydrogens is 400 g/mol. The molecule has 1 aliphatic rings. The molecule has 2 aromatic heterocycles. The van der Waals surface area contributed by atoms with Gasteiger partial charge < -0.3 is 14.9 Å². The van der Waals surface area contributed by atoms with Crippen molar-refractivity contribution in [1.82, 2.24) is 9.55 Å². The number of fused-ring (bicyclic) bond motifs is 1. The van der Waals surface area contributed by atoms with Gasteiger partial charge in [-0.2, -0.15) is 4.98 Å². The highest BCUT2D eigenvalue weighted by Gasteiger charge is 2.35. The van der Waals surface area contributed by atoms with Crippen LogP contribution in [0.5, 0.6) is 0 Å². The molecule has 7 heteroatoms. The highest BCUT2D eigenvalue weighted by molar-refractivity contribution is 7.18. The number of ether oxygens (including phenoxy) is 1. The van der Waals surface area contributed by atoms with Crippen LogP contribution >= 0.6 is 11.3 Å². The lowest BCUT2D eigenvalue weighted by Crippen LogP contribution is -2.27. The van der Waals surface area contributed by atoms with Gasteiger partial charge in [0.05, 0.1) is 12.7 Å². The number of unbranched alkanes of at least 4 members (excludes halogenated alkanes) is 9. The topological polar surface area (TPSA) is 84.6 Å². The molecule has 2 aromatic rings. The number of aliphatic hydroxyl groups is 2. The zero-order valence-corrected chi connectivity index (χ0v) is 18.9. The van der Waals surface area contributed by atoms with Crippen LogP contribution < -0.4 is 5.69 Å². The van der Waals surface area contributed by atoms with Gasteiger partial charge in [-0.1, -0.05) is 64.7 Å². The third kappa shape index (κ3) is 6.36. The summed E-state index contributed by atoms with van der Waals surface area (Å²) in [5.74, 6) is 0. The van der Waals surface area contributed by atoms with Gasteiger partial charge in [0.2, 0.25) is 0 Å². The average molecular weight is 437 g/mol. The van der Waals surface area contributed by atoms with E-state index in [0.717, 1.165) is 16.6 Å². The third-order valence-electron chi connectivity index (χ3n) is 5.96. The van der Waals surface area contributed by atoms with Crippen molar-refractivity contribution in [3.8, 4) is 0 Å². The number of aliphatic hydroxyl groups excluding tert-OH is 2. The van der Waals surface area contributed by atoms with Gasteiger partial charge in [-0.05, 0) is 18.9 Å². The summed E-state index contributed by atoms with van der Waals surface area (Å²) in [4.78, 5) is 18.6. The lowest BCUT2D eigenvalue weighted by atomic mass is 10.1. The third-order valence-corrected chi connectivity index (χ3v) is 7.06. The molecule has 0 aromatic carbocycles. The molecule has 0 aliphatic carbocycles. The minimum atomic E-state index is -0.767. The second-order valence-electron chi connectivity index (χ2n) is 8.45. The molecule has 0 saturated carbocycles. The van der Waals surface area contributed by atoms with Gasteiger partial charge in [0, 0.05) is 22.9 Å². The maximum atomic E-state index is 12.4. The van der Waals surface area contributed by atoms with Crippen molar-refractivity contribution in [2.45, 2.75) is 102 Å². The van der Waals surface area contributed by atoms with E-state index in [-0.39, 0.29) is 18.7 Å². The van der Waals surface area contributed by atoms with Crippen LogP contribution in [-0.4, -0.2) is 38.6 Å². The summed E-state index contributed by atoms with van der Waals surface area (Å²) in [6, 6.07) is 2.12. The van der Waals surface area contributed by atoms with Crippen LogP contribution in [0.2, 0.25) is 0 Å². The minimum Gasteiger partial charge on any atom is -0.394 e. The summed E-state index contributed by atoms with van der Waals surface area (Å²) in [6.07, 6.45) is 14.3. The fraction of sp³-hybridized carbons (Fsp3) is 0.739. The van der Waals surface area contributed by atoms with Gasteiger partial charge in [0.15, 0.2) is 0 Å². The Balaban J connectivity index is 1.45. The van der Waals surface area contributed by atoms with Crippen molar-refractivity contribution in [2.75, 3.05) is 6.61 Å². The van der Waals surface area contributed by atoms with Crippen LogP contribution in [0.25, 0.3) is 10.2 Å². The Bertz CT molecular complexity index is 834. The number of hydrogen-bond donors (Lipinski definition) is 2. The minimum absolute atomic E-state index is 0.260. The fourth-order valence-corrected chi connectivity index (χ4v) is 5.18. The molecule has 2 N–H and O–H groups in total. The van der Waals surface area contributed by atoms with E-state index in [2.05, 4.69) is 18.0 Å². The molecule has 0 unspecified atom stereocenters. The maximum absolute atomic E-state index is 12.4. The highest BCUT2D eigenvalue weighted by Crippen LogP contribution is 2.30. The highest BCUT2D eigenvalue weighted by atomic mass is 32.1. The summed E-state index contributed by atoms with van der Waals surface area (Å²) >= 11 is 1.59. The Morgan fingerprint density at radius 3 is 2.43 bits per heavy atom. The van der Waals surface area contributed by atoms with Gasteiger partial charge >= 0.3 is 5.69 Å². The summed E-state index contributed by atoms with van der Waals surface area (Å²) < 4.78 is 7.05. The Kier molecular flexibility index (Phi) is 9.30. The summed E-state index contributed by atoms with van der Waals surface area (Å²) in [5, 5.41) is 20.1. The van der Waals surface area contributed by atoms with E-state index >= 15 is 0 Å². The molecule has 0 amide bonds. The largest absolute Gasteiger partial charge is 0.394 e. The molecule has 6 nitrogen and oxygen atoms in total. The predicted octanol–water partition coefficient (Wildman–Crippen LogP) is 4.56. The van der Waals surface area contributed by atoms with Crippen LogP contribution in [0, 0.1) is 0 Å². The molecule has 1 fully saturated rings. The molecule has 1 aliphatic heterocycles. The van der Waals surface area contributed by atoms with Crippen molar-refractivity contribution < 1.29 is 14.9 Å². The smallest absolute Gasteiger partial charge is 0.351 e. The average Bonchev–Trinajstić information content (AvgIpc) is 3.30. The van der Waals surface area contributed by atoms with Gasteiger partial charge in [0.1, 0.15) is 17.2 Å². The van der Waals surface area contributed by atoms with Crippen molar-refractivity contribution in [2.24, 2.45) is 0 Å². The van der Waals surface area contributed by atoms with Crippen LogP contribution in [-0.2, 0) is 11.2 Å². The van der Waals surface area contributed by atoms with E-state index in [1.807, 2.05) is 0 Å². The summed E-state index contributed by atoms with van der Waals surface area (Å²) in [6.45, 7) is 2.00. The number of hydrogen-bond acceptors (Lipinski definition) is 6. The standard InChI is InChI=1S/C23H36N2O4S/c1-2-3-4-5-6-7-8-9-10-11-12-18-13-17-15-25(23(28)24-22(17)30-18)21-14-19(27)20(16-26)29-21/h13,15,19-21,26-27H,2-12,14,16H2,1H3/t19-,20+,21+/m0/s1. The molecular formula is C23H36N2O4S. The van der Waals surface area contributed by atoms with E-state index < -0.39 is 18.4 Å². The summed E-state index contributed by atoms with van der Waals surface area (Å²) in [7, 11) is 0. The molecule has 0 spiro atoms. The van der Waals surface area contributed by atoms with E-state index in [1.165, 1.54) is 73.7 Å². The van der Waals surface area contributed by atoms with Crippen molar-refractivity contribution >= 4 is 21.6 Å². The Labute approximate surface area is 182 Å². The molecule has 0 radical (unpaired) electrons. The van der Waals surface area contributed by atoms with E-state index in [9.17, 15) is 15.0 Å². The number of aromatic nitrogens is 2. The number of rotatable bonds is 13.